The van der Waals surface area contributed by atoms with E-state index in [0.717, 1.165) is 128 Å². The highest BCUT2D eigenvalue weighted by Crippen LogP contribution is 2.62. The summed E-state index contributed by atoms with van der Waals surface area (Å²) < 4.78 is 5.87. The van der Waals surface area contributed by atoms with E-state index >= 15 is 0 Å². The molecule has 7 aliphatic rings. The molecule has 14 aromatic carbocycles. The third kappa shape index (κ3) is 26.3. The summed E-state index contributed by atoms with van der Waals surface area (Å²) in [6, 6.07) is 92.0. The average molecular weight is 1910 g/mol. The Bertz CT molecular complexity index is 6290. The number of aliphatic hydroxyl groups excluding tert-OH is 1. The lowest BCUT2D eigenvalue weighted by Gasteiger charge is -2.50. The number of phenolic OH excluding ortho intramolecular Hbond substituents is 17. The van der Waals surface area contributed by atoms with Gasteiger partial charge in [0.05, 0.1) is 17.2 Å². The van der Waals surface area contributed by atoms with Gasteiger partial charge in [-0.15, -0.1) is 0 Å². The number of ketones is 1. The summed E-state index contributed by atoms with van der Waals surface area (Å²) in [5.41, 5.74) is 12.7. The number of carbonyl (C=O) groups is 3. The number of esters is 1. The number of carboxylic acids is 1. The molecule has 21 rings (SSSR count). The minimum Gasteiger partial charge on any atom is -0.508 e. The standard InChI is InChI=1S/C20H14O4.C18H24O2.C18H22O2.C15H16O2.C14H14.C8H8O2.C7H6O5.C6H6O3.C6H6O2.C6H6O/c21-15-9-5-13(6-10-15)20(14-7-11-16(22)12-8-14)18-4-2-1-3-17(18)19(23)24-20;2*1-18-9-8-14-13-5-3-12(19)10-11(13)2-4-15(14)16(18)6-7-17(18)20;1-15(2,11-3-7-13(16)8-4-11)12-5-9-14(17)10-6-12;1-3-7-13(8-4-1)11-12-14-9-5-2-6-10-14;1-2-6-3-7(9)5-8(10)4-6;8-4-1-3(7(11)12)2-5(9)6(4)10;7-4-1-5(8)3-6(9)2-4;7-5-2-1-3-6(8)4-5;7-6-4-2-1-3-5-6/h1-12,21-22H;3,5,10,14-17,19-20H,2,4,6-9H2,1H3;3,5,10,14-16,19H,2,4,6-9H2,1H3;3-10,16-17H,1-2H3;1-10H,11-12H2;2-5,9-10H,1H2;1-2,8-10H,(H,11,12);1-3,7-9H;1-4,7-8H;1-5,7H/t;14-,15-,16+,17+,18+;14-,15-,16+,18+;;;;;;;/m.11......./s1. The van der Waals surface area contributed by atoms with Crippen LogP contribution in [0.15, 0.2) is 328 Å². The first-order chi connectivity index (χ1) is 67.3. The predicted octanol–water partition coefficient (Wildman–Crippen LogP) is 23.4. The van der Waals surface area contributed by atoms with Crippen molar-refractivity contribution in [1.82, 2.24) is 0 Å². The van der Waals surface area contributed by atoms with E-state index in [-0.39, 0.29) is 91.2 Å². The van der Waals surface area contributed by atoms with Crippen molar-refractivity contribution in [3.8, 4) is 97.7 Å². The Kier molecular flexibility index (Phi) is 34.6. The van der Waals surface area contributed by atoms with Crippen LogP contribution in [-0.4, -0.2) is 121 Å². The van der Waals surface area contributed by atoms with Gasteiger partial charge in [-0.3, -0.25) is 4.79 Å². The highest BCUT2D eigenvalue weighted by atomic mass is 16.6. The summed E-state index contributed by atoms with van der Waals surface area (Å²) in [6.07, 6.45) is 16.9. The normalized spacial score (nSPS) is 19.5. The number of hydrogen-bond acceptors (Lipinski definition) is 22. The number of aromatic hydroxyl groups is 17. The minimum absolute atomic E-state index is 0.0322. The number of rotatable bonds is 9. The molecule has 732 valence electrons. The third-order valence-electron chi connectivity index (χ3n) is 27.9. The fraction of sp³-hybridized carbons (Fsp3) is 0.246. The Morgan fingerprint density at radius 1 is 0.383 bits per heavy atom. The van der Waals surface area contributed by atoms with Crippen LogP contribution in [-0.2, 0) is 46.2 Å². The van der Waals surface area contributed by atoms with Gasteiger partial charge in [-0.1, -0.05) is 204 Å². The molecule has 4 saturated carbocycles. The van der Waals surface area contributed by atoms with Crippen molar-refractivity contribution in [1.29, 1.82) is 0 Å². The molecule has 23 heteroatoms. The van der Waals surface area contributed by atoms with Crippen molar-refractivity contribution in [3.63, 3.8) is 0 Å². The zero-order valence-electron chi connectivity index (χ0n) is 79.0. The monoisotopic (exact) mass is 1910 g/mol. The minimum atomic E-state index is -1.29. The van der Waals surface area contributed by atoms with Crippen molar-refractivity contribution in [3.05, 3.63) is 406 Å². The Labute approximate surface area is 820 Å². The van der Waals surface area contributed by atoms with Crippen LogP contribution in [0.3, 0.4) is 0 Å². The molecule has 1 aliphatic heterocycles. The molecule has 0 unspecified atom stereocenters. The molecule has 6 aliphatic carbocycles. The molecular formula is C118H122O23. The van der Waals surface area contributed by atoms with Crippen LogP contribution in [0.2, 0.25) is 0 Å². The molecule has 0 bridgehead atoms. The highest BCUT2D eigenvalue weighted by Gasteiger charge is 2.56. The van der Waals surface area contributed by atoms with Crippen LogP contribution < -0.4 is 0 Å². The topological polar surface area (TPSA) is 445 Å². The number of hydrogen-bond donors (Lipinski definition) is 19. The van der Waals surface area contributed by atoms with Gasteiger partial charge in [-0.25, -0.2) is 9.59 Å². The predicted molar refractivity (Wildman–Crippen MR) is 541 cm³/mol. The molecular weight excluding hydrogens is 1790 g/mol. The number of fused-ring (bicyclic) bond motifs is 11. The van der Waals surface area contributed by atoms with Crippen molar-refractivity contribution in [2.24, 2.45) is 34.5 Å². The quantitative estimate of drug-likeness (QED) is 0.0471. The number of carboxylic acid groups (broad SMARTS) is 1. The number of aromatic carboxylic acids is 1. The summed E-state index contributed by atoms with van der Waals surface area (Å²) in [7, 11) is 0. The molecule has 23 nitrogen and oxygen atoms in total. The molecule has 0 saturated heterocycles. The zero-order valence-corrected chi connectivity index (χ0v) is 79.0. The first-order valence-electron chi connectivity index (χ1n) is 46.9. The van der Waals surface area contributed by atoms with Crippen LogP contribution in [0.1, 0.15) is 191 Å². The van der Waals surface area contributed by atoms with Gasteiger partial charge in [-0.2, -0.15) is 0 Å². The molecule has 19 N–H and O–H groups in total. The second-order valence-corrected chi connectivity index (χ2v) is 37.3. The molecule has 4 fully saturated rings. The van der Waals surface area contributed by atoms with Crippen molar-refractivity contribution in [2.45, 2.75) is 147 Å². The zero-order chi connectivity index (χ0) is 101. The second kappa shape index (κ2) is 46.9. The van der Waals surface area contributed by atoms with E-state index in [1.807, 2.05) is 66.7 Å². The second-order valence-electron chi connectivity index (χ2n) is 37.3. The molecule has 0 amide bonds. The summed E-state index contributed by atoms with van der Waals surface area (Å²) >= 11 is 0. The Balaban J connectivity index is 0.000000143. The van der Waals surface area contributed by atoms with Gasteiger partial charge in [0.1, 0.15) is 86.3 Å². The number of phenols is 17. The Morgan fingerprint density at radius 2 is 0.759 bits per heavy atom. The van der Waals surface area contributed by atoms with E-state index in [9.17, 15) is 50.1 Å². The average Bonchev–Trinajstić information content (AvgIpc) is 1.56. The number of cyclic esters (lactones) is 1. The van der Waals surface area contributed by atoms with Crippen LogP contribution in [0.25, 0.3) is 6.08 Å². The van der Waals surface area contributed by atoms with Crippen molar-refractivity contribution in [2.75, 3.05) is 0 Å². The number of carbonyl (C=O) groups excluding carboxylic acids is 2. The first kappa shape index (κ1) is 104. The van der Waals surface area contributed by atoms with Gasteiger partial charge in [0.2, 0.25) is 0 Å². The van der Waals surface area contributed by atoms with Crippen molar-refractivity contribution < 1.29 is 116 Å². The van der Waals surface area contributed by atoms with Gasteiger partial charge in [0, 0.05) is 64.3 Å². The smallest absolute Gasteiger partial charge is 0.340 e. The summed E-state index contributed by atoms with van der Waals surface area (Å²) in [5.74, 6) is 2.53. The molecule has 0 radical (unpaired) electrons. The Hall–Kier alpha value is -16.0. The lowest BCUT2D eigenvalue weighted by atomic mass is 9.55. The maximum absolute atomic E-state index is 12.4. The van der Waals surface area contributed by atoms with E-state index in [2.05, 4.69) is 107 Å². The number of benzene rings is 14. The van der Waals surface area contributed by atoms with E-state index in [1.165, 1.54) is 95.5 Å². The maximum Gasteiger partial charge on any atom is 0.340 e. The van der Waals surface area contributed by atoms with E-state index in [0.29, 0.717) is 63.7 Å². The Morgan fingerprint density at radius 3 is 1.18 bits per heavy atom. The van der Waals surface area contributed by atoms with Gasteiger partial charge in [0.25, 0.3) is 0 Å². The van der Waals surface area contributed by atoms with Crippen LogP contribution in [0.4, 0.5) is 0 Å². The number of para-hydroxylation sites is 1. The van der Waals surface area contributed by atoms with E-state index < -0.39 is 34.8 Å². The molecule has 0 spiro atoms. The molecule has 1 heterocycles. The molecule has 141 heavy (non-hydrogen) atoms. The fourth-order valence-electron chi connectivity index (χ4n) is 20.6. The van der Waals surface area contributed by atoms with Gasteiger partial charge in [-0.05, 0) is 302 Å². The number of aryl methyl sites for hydroxylation is 4. The van der Waals surface area contributed by atoms with Crippen molar-refractivity contribution >= 4 is 23.8 Å². The fourth-order valence-corrected chi connectivity index (χ4v) is 20.6. The molecule has 14 aromatic rings. The van der Waals surface area contributed by atoms with Gasteiger partial charge >= 0.3 is 11.9 Å². The summed E-state index contributed by atoms with van der Waals surface area (Å²) in [4.78, 5) is 35.0. The van der Waals surface area contributed by atoms with Gasteiger partial charge < -0.3 is 102 Å². The molecule has 0 aromatic heterocycles. The maximum atomic E-state index is 12.4. The van der Waals surface area contributed by atoms with E-state index in [4.69, 9.17) is 66.0 Å². The highest BCUT2D eigenvalue weighted by molar-refractivity contribution is 5.96. The number of ether oxygens (including phenoxy) is 1. The first-order valence-corrected chi connectivity index (χ1v) is 46.9. The SMILES string of the molecule is C=Cc1cc(O)cc(O)c1.CC(C)(c1ccc(O)cc1)c1ccc(O)cc1.C[C@]12CC[C@@H]3c4ccc(O)cc4CC[C@H]3[C@@H]1CCC2=O.C[C@]12CC[C@@H]3c4ccc(O)cc4CC[C@H]3[C@@H]1CC[C@@H]2O.O=C(O)c1cc(O)c(O)c(O)c1.O=C1OC(c2ccc(O)cc2)(c2ccc(O)cc2)c2ccccc21.Oc1cc(O)cc(O)c1.Oc1cccc(O)c1.Oc1ccccc1.c1ccc(CCc2ccccc2)cc1. The largest absolute Gasteiger partial charge is 0.508 e. The van der Waals surface area contributed by atoms with Gasteiger partial charge in [0.15, 0.2) is 22.8 Å². The molecule has 9 atom stereocenters. The lowest BCUT2D eigenvalue weighted by Crippen LogP contribution is -2.43. The summed E-state index contributed by atoms with van der Waals surface area (Å²) in [5, 5.41) is 172. The van der Waals surface area contributed by atoms with Crippen LogP contribution >= 0.6 is 0 Å². The third-order valence-corrected chi connectivity index (χ3v) is 27.9. The van der Waals surface area contributed by atoms with Crippen LogP contribution in [0.5, 0.6) is 97.7 Å². The lowest BCUT2D eigenvalue weighted by molar-refractivity contribution is -0.129. The number of aliphatic hydroxyl groups is 1. The summed E-state index contributed by atoms with van der Waals surface area (Å²) in [6.45, 7) is 12.3. The van der Waals surface area contributed by atoms with E-state index in [1.54, 1.807) is 121 Å². The number of Topliss-reactive ketones (excluding diaryl/α,β-unsaturated/α-hetero) is 1. The van der Waals surface area contributed by atoms with Crippen LogP contribution in [0, 0.1) is 34.5 Å².